The van der Waals surface area contributed by atoms with Crippen molar-refractivity contribution in [2.75, 3.05) is 20.1 Å². The lowest BCUT2D eigenvalue weighted by molar-refractivity contribution is -0.123. The molecule has 1 aromatic carbocycles. The molecule has 2 unspecified atom stereocenters. The number of hydrogen-bond acceptors (Lipinski definition) is 3. The maximum Gasteiger partial charge on any atom is 0.148 e. The molecule has 2 atom stereocenters. The summed E-state index contributed by atoms with van der Waals surface area (Å²) in [5, 5.41) is 3.43. The third-order valence-electron chi connectivity index (χ3n) is 3.19. The number of ketones is 1. The van der Waals surface area contributed by atoms with E-state index in [0.717, 1.165) is 13.1 Å². The summed E-state index contributed by atoms with van der Waals surface area (Å²) in [5.74, 6) is 0.226. The highest BCUT2D eigenvalue weighted by atomic mass is 16.1. The van der Waals surface area contributed by atoms with Crippen LogP contribution in [-0.4, -0.2) is 36.9 Å². The molecule has 1 aliphatic rings. The average Bonchev–Trinajstić information content (AvgIpc) is 2.29. The summed E-state index contributed by atoms with van der Waals surface area (Å²) in [6.45, 7) is 3.53. The Kier molecular flexibility index (Phi) is 3.36. The second kappa shape index (κ2) is 4.76. The van der Waals surface area contributed by atoms with Gasteiger partial charge in [0.1, 0.15) is 5.78 Å². The van der Waals surface area contributed by atoms with Crippen LogP contribution in [0.5, 0.6) is 0 Å². The van der Waals surface area contributed by atoms with Crippen LogP contribution in [-0.2, 0) is 4.79 Å². The van der Waals surface area contributed by atoms with Gasteiger partial charge in [0.25, 0.3) is 0 Å². The molecule has 3 nitrogen and oxygen atoms in total. The minimum absolute atomic E-state index is 0.0452. The highest BCUT2D eigenvalue weighted by Gasteiger charge is 2.32. The average molecular weight is 218 g/mol. The first-order chi connectivity index (χ1) is 7.70. The monoisotopic (exact) mass is 218 g/mol. The van der Waals surface area contributed by atoms with E-state index >= 15 is 0 Å². The van der Waals surface area contributed by atoms with Gasteiger partial charge in [-0.1, -0.05) is 30.3 Å². The summed E-state index contributed by atoms with van der Waals surface area (Å²) >= 11 is 0. The Hall–Kier alpha value is -1.19. The van der Waals surface area contributed by atoms with Crippen LogP contribution in [0.15, 0.2) is 30.3 Å². The van der Waals surface area contributed by atoms with Crippen molar-refractivity contribution in [3.63, 3.8) is 0 Å². The van der Waals surface area contributed by atoms with Crippen molar-refractivity contribution in [3.8, 4) is 0 Å². The lowest BCUT2D eigenvalue weighted by Crippen LogP contribution is -2.54. The van der Waals surface area contributed by atoms with Crippen molar-refractivity contribution in [3.05, 3.63) is 35.9 Å². The van der Waals surface area contributed by atoms with E-state index in [4.69, 9.17) is 0 Å². The Morgan fingerprint density at radius 2 is 2.06 bits per heavy atom. The molecule has 1 fully saturated rings. The Balaban J connectivity index is 2.27. The first-order valence-electron chi connectivity index (χ1n) is 5.69. The largest absolute Gasteiger partial charge is 0.307 e. The first kappa shape index (κ1) is 11.3. The van der Waals surface area contributed by atoms with Crippen LogP contribution in [0.3, 0.4) is 0 Å². The van der Waals surface area contributed by atoms with E-state index in [1.807, 2.05) is 25.2 Å². The fourth-order valence-corrected chi connectivity index (χ4v) is 2.41. The minimum atomic E-state index is -0.0452. The lowest BCUT2D eigenvalue weighted by Gasteiger charge is -2.38. The van der Waals surface area contributed by atoms with Gasteiger partial charge in [0, 0.05) is 13.1 Å². The van der Waals surface area contributed by atoms with Crippen LogP contribution in [0.25, 0.3) is 0 Å². The Labute approximate surface area is 96.5 Å². The summed E-state index contributed by atoms with van der Waals surface area (Å²) in [6.07, 6.45) is 0. The minimum Gasteiger partial charge on any atom is -0.307 e. The molecule has 86 valence electrons. The second-order valence-electron chi connectivity index (χ2n) is 4.38. The SMILES string of the molecule is CC(=O)C1C(c2ccccc2)NCCN1C. The second-order valence-corrected chi connectivity index (χ2v) is 4.38. The molecule has 0 aliphatic carbocycles. The van der Waals surface area contributed by atoms with E-state index in [2.05, 4.69) is 22.3 Å². The molecule has 0 spiro atoms. The van der Waals surface area contributed by atoms with Gasteiger partial charge in [-0.05, 0) is 19.5 Å². The predicted octanol–water partition coefficient (Wildman–Crippen LogP) is 1.22. The van der Waals surface area contributed by atoms with Gasteiger partial charge in [0.05, 0.1) is 12.1 Å². The number of likely N-dealkylation sites (N-methyl/N-ethyl adjacent to an activating group) is 1. The summed E-state index contributed by atoms with van der Waals surface area (Å²) in [7, 11) is 2.02. The normalized spacial score (nSPS) is 26.6. The number of nitrogens with zero attached hydrogens (tertiary/aromatic N) is 1. The van der Waals surface area contributed by atoms with Crippen LogP contribution in [0.1, 0.15) is 18.5 Å². The van der Waals surface area contributed by atoms with Crippen molar-refractivity contribution in [1.82, 2.24) is 10.2 Å². The molecule has 1 saturated heterocycles. The van der Waals surface area contributed by atoms with E-state index in [1.54, 1.807) is 6.92 Å². The zero-order chi connectivity index (χ0) is 11.5. The number of piperazine rings is 1. The highest BCUT2D eigenvalue weighted by molar-refractivity contribution is 5.82. The van der Waals surface area contributed by atoms with Crippen molar-refractivity contribution in [2.24, 2.45) is 0 Å². The Bertz CT molecular complexity index is 363. The van der Waals surface area contributed by atoms with Crippen molar-refractivity contribution in [1.29, 1.82) is 0 Å². The molecule has 2 rings (SSSR count). The lowest BCUT2D eigenvalue weighted by atomic mass is 9.93. The van der Waals surface area contributed by atoms with Gasteiger partial charge in [-0.25, -0.2) is 0 Å². The number of carbonyl (C=O) groups excluding carboxylic acids is 1. The van der Waals surface area contributed by atoms with E-state index < -0.39 is 0 Å². The topological polar surface area (TPSA) is 32.3 Å². The van der Waals surface area contributed by atoms with E-state index in [1.165, 1.54) is 5.56 Å². The molecular formula is C13H18N2O. The molecule has 1 aliphatic heterocycles. The number of nitrogens with one attached hydrogen (secondary N) is 1. The molecule has 0 bridgehead atoms. The van der Waals surface area contributed by atoms with Gasteiger partial charge in [-0.2, -0.15) is 0 Å². The predicted molar refractivity (Wildman–Crippen MR) is 64.3 cm³/mol. The highest BCUT2D eigenvalue weighted by Crippen LogP contribution is 2.23. The number of hydrogen-bond donors (Lipinski definition) is 1. The molecule has 3 heteroatoms. The van der Waals surface area contributed by atoms with Gasteiger partial charge >= 0.3 is 0 Å². The number of carbonyl (C=O) groups is 1. The molecule has 0 amide bonds. The van der Waals surface area contributed by atoms with Crippen LogP contribution in [0.2, 0.25) is 0 Å². The summed E-state index contributed by atoms with van der Waals surface area (Å²) in [5.41, 5.74) is 1.19. The first-order valence-corrected chi connectivity index (χ1v) is 5.69. The Morgan fingerprint density at radius 3 is 2.69 bits per heavy atom. The molecule has 16 heavy (non-hydrogen) atoms. The fraction of sp³-hybridized carbons (Fsp3) is 0.462. The van der Waals surface area contributed by atoms with Crippen molar-refractivity contribution in [2.45, 2.75) is 19.0 Å². The molecule has 0 saturated carbocycles. The number of rotatable bonds is 2. The summed E-state index contributed by atoms with van der Waals surface area (Å²) in [6, 6.07) is 10.3. The van der Waals surface area contributed by atoms with E-state index in [-0.39, 0.29) is 17.9 Å². The van der Waals surface area contributed by atoms with Crippen molar-refractivity contribution >= 4 is 5.78 Å². The molecule has 0 radical (unpaired) electrons. The molecule has 1 aromatic rings. The maximum absolute atomic E-state index is 11.7. The van der Waals surface area contributed by atoms with Crippen molar-refractivity contribution < 1.29 is 4.79 Å². The number of benzene rings is 1. The molecular weight excluding hydrogens is 200 g/mol. The number of Topliss-reactive ketones (excluding diaryl/α,β-unsaturated/α-hetero) is 1. The third kappa shape index (κ3) is 2.15. The van der Waals surface area contributed by atoms with Gasteiger partial charge in [0.2, 0.25) is 0 Å². The molecule has 1 heterocycles. The van der Waals surface area contributed by atoms with Gasteiger partial charge in [0.15, 0.2) is 0 Å². The van der Waals surface area contributed by atoms with E-state index in [9.17, 15) is 4.79 Å². The van der Waals surface area contributed by atoms with Crippen LogP contribution < -0.4 is 5.32 Å². The van der Waals surface area contributed by atoms with Crippen LogP contribution >= 0.6 is 0 Å². The zero-order valence-electron chi connectivity index (χ0n) is 9.81. The quantitative estimate of drug-likeness (QED) is 0.810. The summed E-state index contributed by atoms with van der Waals surface area (Å²) < 4.78 is 0. The summed E-state index contributed by atoms with van der Waals surface area (Å²) in [4.78, 5) is 13.8. The molecule has 0 aromatic heterocycles. The fourth-order valence-electron chi connectivity index (χ4n) is 2.41. The van der Waals surface area contributed by atoms with Crippen LogP contribution in [0.4, 0.5) is 0 Å². The van der Waals surface area contributed by atoms with Gasteiger partial charge in [-0.3, -0.25) is 9.69 Å². The van der Waals surface area contributed by atoms with E-state index in [0.29, 0.717) is 0 Å². The third-order valence-corrected chi connectivity index (χ3v) is 3.19. The standard InChI is InChI=1S/C13H18N2O/c1-10(16)13-12(14-8-9-15(13)2)11-6-4-3-5-7-11/h3-7,12-14H,8-9H2,1-2H3. The smallest absolute Gasteiger partial charge is 0.148 e. The van der Waals surface area contributed by atoms with Gasteiger partial charge in [-0.15, -0.1) is 0 Å². The van der Waals surface area contributed by atoms with Gasteiger partial charge < -0.3 is 5.32 Å². The van der Waals surface area contributed by atoms with Crippen LogP contribution in [0, 0.1) is 0 Å². The molecule has 1 N–H and O–H groups in total. The Morgan fingerprint density at radius 1 is 1.38 bits per heavy atom. The zero-order valence-corrected chi connectivity index (χ0v) is 9.81. The maximum atomic E-state index is 11.7.